The molecule has 3 heteroatoms. The van der Waals surface area contributed by atoms with E-state index in [9.17, 15) is 9.18 Å². The second kappa shape index (κ2) is 5.72. The number of halogens is 1. The van der Waals surface area contributed by atoms with Gasteiger partial charge in [-0.1, -0.05) is 18.2 Å². The normalized spacial score (nSPS) is 24.5. The molecule has 1 unspecified atom stereocenters. The van der Waals surface area contributed by atoms with Gasteiger partial charge in [0.05, 0.1) is 0 Å². The number of carbonyl (C=O) groups is 1. The van der Waals surface area contributed by atoms with E-state index < -0.39 is 0 Å². The van der Waals surface area contributed by atoms with Crippen molar-refractivity contribution in [3.8, 4) is 0 Å². The molecule has 0 saturated carbocycles. The fourth-order valence-corrected chi connectivity index (χ4v) is 4.04. The fraction of sp³-hybridized carbons (Fsp3) is 0.500. The van der Waals surface area contributed by atoms with E-state index in [1.54, 1.807) is 0 Å². The van der Waals surface area contributed by atoms with E-state index in [1.165, 1.54) is 12.1 Å². The van der Waals surface area contributed by atoms with Gasteiger partial charge in [-0.2, -0.15) is 0 Å². The van der Waals surface area contributed by atoms with Gasteiger partial charge in [0.15, 0.2) is 5.78 Å². The van der Waals surface area contributed by atoms with Gasteiger partial charge in [0.1, 0.15) is 5.82 Å². The molecule has 1 saturated heterocycles. The Labute approximate surface area is 125 Å². The number of carbonyl (C=O) groups excluding carboxylic acids is 1. The minimum absolute atomic E-state index is 0.0483. The van der Waals surface area contributed by atoms with Crippen LogP contribution < -0.4 is 5.32 Å². The molecule has 0 amide bonds. The SMILES string of the molecule is C/C=C/CC1c2ccc(F)cc2C(=O)CC12CCNCC2. The average molecular weight is 287 g/mol. The first-order valence-electron chi connectivity index (χ1n) is 7.81. The van der Waals surface area contributed by atoms with Crippen LogP contribution in [-0.2, 0) is 0 Å². The molecule has 1 aliphatic carbocycles. The van der Waals surface area contributed by atoms with Crippen LogP contribution in [-0.4, -0.2) is 18.9 Å². The lowest BCUT2D eigenvalue weighted by Crippen LogP contribution is -2.44. The lowest BCUT2D eigenvalue weighted by Gasteiger charge is -2.47. The Morgan fingerprint density at radius 1 is 1.38 bits per heavy atom. The molecule has 0 radical (unpaired) electrons. The first kappa shape index (κ1) is 14.5. The first-order chi connectivity index (χ1) is 10.2. The van der Waals surface area contributed by atoms with Gasteiger partial charge in [0.2, 0.25) is 0 Å². The molecule has 1 aromatic rings. The molecule has 21 heavy (non-hydrogen) atoms. The Kier molecular flexibility index (Phi) is 3.94. The van der Waals surface area contributed by atoms with Crippen LogP contribution in [0.5, 0.6) is 0 Å². The van der Waals surface area contributed by atoms with E-state index in [0.29, 0.717) is 17.9 Å². The highest BCUT2D eigenvalue weighted by Gasteiger charge is 2.46. The van der Waals surface area contributed by atoms with Crippen molar-refractivity contribution in [2.24, 2.45) is 5.41 Å². The summed E-state index contributed by atoms with van der Waals surface area (Å²) >= 11 is 0. The van der Waals surface area contributed by atoms with Crippen molar-refractivity contribution in [1.82, 2.24) is 5.32 Å². The summed E-state index contributed by atoms with van der Waals surface area (Å²) in [5, 5.41) is 3.39. The maximum atomic E-state index is 13.5. The van der Waals surface area contributed by atoms with Crippen molar-refractivity contribution in [1.29, 1.82) is 0 Å². The molecule has 1 fully saturated rings. The van der Waals surface area contributed by atoms with E-state index in [2.05, 4.69) is 17.5 Å². The van der Waals surface area contributed by atoms with Gasteiger partial charge in [-0.3, -0.25) is 4.79 Å². The Balaban J connectivity index is 2.07. The van der Waals surface area contributed by atoms with Crippen LogP contribution in [0.15, 0.2) is 30.4 Å². The number of Topliss-reactive ketones (excluding diaryl/α,β-unsaturated/α-hetero) is 1. The third-order valence-corrected chi connectivity index (χ3v) is 5.15. The molecular weight excluding hydrogens is 265 g/mol. The third kappa shape index (κ3) is 2.55. The number of piperidine rings is 1. The van der Waals surface area contributed by atoms with Crippen LogP contribution in [0.4, 0.5) is 4.39 Å². The van der Waals surface area contributed by atoms with Gasteiger partial charge in [-0.25, -0.2) is 4.39 Å². The van der Waals surface area contributed by atoms with Crippen molar-refractivity contribution in [3.05, 3.63) is 47.3 Å². The van der Waals surface area contributed by atoms with Gasteiger partial charge in [-0.15, -0.1) is 0 Å². The number of ketones is 1. The van der Waals surface area contributed by atoms with Gasteiger partial charge in [-0.05, 0) is 68.3 Å². The lowest BCUT2D eigenvalue weighted by molar-refractivity contribution is 0.0757. The summed E-state index contributed by atoms with van der Waals surface area (Å²) in [5.41, 5.74) is 1.70. The zero-order chi connectivity index (χ0) is 14.9. The van der Waals surface area contributed by atoms with E-state index in [1.807, 2.05) is 13.0 Å². The Bertz CT molecular complexity index is 573. The Morgan fingerprint density at radius 3 is 2.86 bits per heavy atom. The molecule has 2 nitrogen and oxygen atoms in total. The first-order valence-corrected chi connectivity index (χ1v) is 7.81. The number of nitrogens with one attached hydrogen (secondary N) is 1. The second-order valence-electron chi connectivity index (χ2n) is 6.30. The van der Waals surface area contributed by atoms with Crippen LogP contribution in [0.25, 0.3) is 0 Å². The van der Waals surface area contributed by atoms with Crippen molar-refractivity contribution in [2.45, 2.75) is 38.5 Å². The van der Waals surface area contributed by atoms with Gasteiger partial charge >= 0.3 is 0 Å². The molecule has 0 aromatic heterocycles. The number of fused-ring (bicyclic) bond motifs is 1. The minimum Gasteiger partial charge on any atom is -0.317 e. The van der Waals surface area contributed by atoms with Crippen LogP contribution in [0, 0.1) is 11.2 Å². The van der Waals surface area contributed by atoms with Gasteiger partial charge in [0.25, 0.3) is 0 Å². The number of hydrogen-bond acceptors (Lipinski definition) is 2. The van der Waals surface area contributed by atoms with Gasteiger partial charge in [0, 0.05) is 12.0 Å². The summed E-state index contributed by atoms with van der Waals surface area (Å²) in [6.45, 7) is 3.96. The quantitative estimate of drug-likeness (QED) is 0.838. The largest absolute Gasteiger partial charge is 0.317 e. The highest BCUT2D eigenvalue weighted by atomic mass is 19.1. The van der Waals surface area contributed by atoms with E-state index in [4.69, 9.17) is 0 Å². The highest BCUT2D eigenvalue weighted by Crippen LogP contribution is 2.52. The molecule has 1 aromatic carbocycles. The molecule has 1 N–H and O–H groups in total. The van der Waals surface area contributed by atoms with E-state index in [-0.39, 0.29) is 17.0 Å². The molecule has 1 aliphatic heterocycles. The maximum absolute atomic E-state index is 13.5. The smallest absolute Gasteiger partial charge is 0.163 e. The topological polar surface area (TPSA) is 29.1 Å². The molecule has 1 atom stereocenters. The molecule has 2 aliphatic rings. The fourth-order valence-electron chi connectivity index (χ4n) is 4.04. The van der Waals surface area contributed by atoms with E-state index in [0.717, 1.165) is 37.9 Å². The van der Waals surface area contributed by atoms with Crippen molar-refractivity contribution >= 4 is 5.78 Å². The monoisotopic (exact) mass is 287 g/mol. The maximum Gasteiger partial charge on any atom is 0.163 e. The predicted octanol–water partition coefficient (Wildman–Crippen LogP) is 3.83. The zero-order valence-corrected chi connectivity index (χ0v) is 12.5. The zero-order valence-electron chi connectivity index (χ0n) is 12.5. The summed E-state index contributed by atoms with van der Waals surface area (Å²) < 4.78 is 13.5. The molecule has 1 heterocycles. The average Bonchev–Trinajstić information content (AvgIpc) is 2.48. The lowest BCUT2D eigenvalue weighted by atomic mass is 9.58. The standard InChI is InChI=1S/C18H22FNO/c1-2-3-4-16-14-6-5-13(19)11-15(14)17(21)12-18(16)7-9-20-10-8-18/h2-3,5-6,11,16,20H,4,7-10,12H2,1H3/b3-2+. The van der Waals surface area contributed by atoms with Crippen LogP contribution in [0.1, 0.15) is 54.4 Å². The minimum atomic E-state index is -0.312. The summed E-state index contributed by atoms with van der Waals surface area (Å²) in [7, 11) is 0. The number of benzene rings is 1. The molecule has 3 rings (SSSR count). The molecule has 1 spiro atoms. The Hall–Kier alpha value is -1.48. The van der Waals surface area contributed by atoms with Crippen LogP contribution in [0.2, 0.25) is 0 Å². The summed E-state index contributed by atoms with van der Waals surface area (Å²) in [6.07, 6.45) is 7.79. The number of allylic oxidation sites excluding steroid dienone is 2. The molecule has 112 valence electrons. The van der Waals surface area contributed by atoms with Crippen molar-refractivity contribution < 1.29 is 9.18 Å². The van der Waals surface area contributed by atoms with Crippen molar-refractivity contribution in [2.75, 3.05) is 13.1 Å². The van der Waals surface area contributed by atoms with Gasteiger partial charge < -0.3 is 5.32 Å². The summed E-state index contributed by atoms with van der Waals surface area (Å²) in [4.78, 5) is 12.5. The Morgan fingerprint density at radius 2 is 2.14 bits per heavy atom. The summed E-state index contributed by atoms with van der Waals surface area (Å²) in [6, 6.07) is 4.75. The van der Waals surface area contributed by atoms with Crippen LogP contribution >= 0.6 is 0 Å². The van der Waals surface area contributed by atoms with Crippen molar-refractivity contribution in [3.63, 3.8) is 0 Å². The number of rotatable bonds is 2. The molecule has 0 bridgehead atoms. The molecular formula is C18H22FNO. The predicted molar refractivity (Wildman–Crippen MR) is 82.1 cm³/mol. The summed E-state index contributed by atoms with van der Waals surface area (Å²) in [5.74, 6) is 0.125. The highest BCUT2D eigenvalue weighted by molar-refractivity contribution is 5.99. The third-order valence-electron chi connectivity index (χ3n) is 5.15. The van der Waals surface area contributed by atoms with E-state index >= 15 is 0 Å². The van der Waals surface area contributed by atoms with Crippen LogP contribution in [0.3, 0.4) is 0 Å². The number of hydrogen-bond donors (Lipinski definition) is 1. The second-order valence-corrected chi connectivity index (χ2v) is 6.30.